The SMILES string of the molecule is CC(N)c1n[nH]c(Cc2nc3ccccc3[nH]2)n1. The maximum absolute atomic E-state index is 5.71. The van der Waals surface area contributed by atoms with Crippen molar-refractivity contribution >= 4 is 11.0 Å². The van der Waals surface area contributed by atoms with Crippen LogP contribution in [0.15, 0.2) is 24.3 Å². The van der Waals surface area contributed by atoms with Gasteiger partial charge in [0.05, 0.1) is 23.5 Å². The average molecular weight is 242 g/mol. The third kappa shape index (κ3) is 1.98. The number of nitrogens with two attached hydrogens (primary N) is 1. The van der Waals surface area contributed by atoms with Gasteiger partial charge in [-0.05, 0) is 19.1 Å². The molecule has 92 valence electrons. The lowest BCUT2D eigenvalue weighted by Gasteiger charge is -1.94. The molecule has 4 N–H and O–H groups in total. The summed E-state index contributed by atoms with van der Waals surface area (Å²) in [6.07, 6.45) is 0.592. The van der Waals surface area contributed by atoms with Crippen molar-refractivity contribution < 1.29 is 0 Å². The van der Waals surface area contributed by atoms with Crippen molar-refractivity contribution in [2.24, 2.45) is 5.73 Å². The molecule has 18 heavy (non-hydrogen) atoms. The molecule has 0 bridgehead atoms. The van der Waals surface area contributed by atoms with E-state index in [1.807, 2.05) is 31.2 Å². The van der Waals surface area contributed by atoms with Gasteiger partial charge in [-0.3, -0.25) is 5.10 Å². The van der Waals surface area contributed by atoms with Crippen LogP contribution in [0.3, 0.4) is 0 Å². The Labute approximate surface area is 104 Å². The molecule has 6 nitrogen and oxygen atoms in total. The molecule has 6 heteroatoms. The van der Waals surface area contributed by atoms with Crippen LogP contribution in [-0.4, -0.2) is 25.1 Å². The second-order valence-electron chi connectivity index (χ2n) is 4.31. The Kier molecular flexibility index (Phi) is 2.56. The van der Waals surface area contributed by atoms with Gasteiger partial charge < -0.3 is 10.7 Å². The van der Waals surface area contributed by atoms with Gasteiger partial charge in [0.1, 0.15) is 11.6 Å². The first-order chi connectivity index (χ1) is 8.72. The molecule has 1 atom stereocenters. The van der Waals surface area contributed by atoms with Crippen LogP contribution in [0, 0.1) is 0 Å². The fourth-order valence-corrected chi connectivity index (χ4v) is 1.84. The topological polar surface area (TPSA) is 96.3 Å². The average Bonchev–Trinajstić information content (AvgIpc) is 2.94. The fourth-order valence-electron chi connectivity index (χ4n) is 1.84. The number of benzene rings is 1. The van der Waals surface area contributed by atoms with Crippen molar-refractivity contribution in [1.82, 2.24) is 25.1 Å². The Hall–Kier alpha value is -2.21. The van der Waals surface area contributed by atoms with Gasteiger partial charge in [0.2, 0.25) is 0 Å². The summed E-state index contributed by atoms with van der Waals surface area (Å²) >= 11 is 0. The Morgan fingerprint density at radius 3 is 2.78 bits per heavy atom. The molecule has 0 aliphatic carbocycles. The maximum Gasteiger partial charge on any atom is 0.167 e. The van der Waals surface area contributed by atoms with Crippen LogP contribution < -0.4 is 5.73 Å². The molecule has 0 spiro atoms. The molecule has 0 aliphatic heterocycles. The molecule has 0 radical (unpaired) electrons. The summed E-state index contributed by atoms with van der Waals surface area (Å²) in [6, 6.07) is 7.76. The van der Waals surface area contributed by atoms with Crippen molar-refractivity contribution in [2.45, 2.75) is 19.4 Å². The van der Waals surface area contributed by atoms with Crippen molar-refractivity contribution in [3.63, 3.8) is 0 Å². The molecule has 1 aromatic carbocycles. The number of aromatic amines is 2. The van der Waals surface area contributed by atoms with E-state index in [1.165, 1.54) is 0 Å². The number of H-pyrrole nitrogens is 2. The monoisotopic (exact) mass is 242 g/mol. The molecule has 0 aliphatic rings. The zero-order chi connectivity index (χ0) is 12.5. The van der Waals surface area contributed by atoms with Crippen molar-refractivity contribution in [3.05, 3.63) is 41.7 Å². The number of hydrogen-bond donors (Lipinski definition) is 3. The molecular formula is C12H14N6. The Bertz CT molecular complexity index is 633. The van der Waals surface area contributed by atoms with Gasteiger partial charge in [-0.1, -0.05) is 12.1 Å². The number of nitrogens with zero attached hydrogens (tertiary/aromatic N) is 3. The van der Waals surface area contributed by atoms with E-state index in [-0.39, 0.29) is 6.04 Å². The van der Waals surface area contributed by atoms with Gasteiger partial charge >= 0.3 is 0 Å². The van der Waals surface area contributed by atoms with Crippen molar-refractivity contribution in [3.8, 4) is 0 Å². The number of hydrogen-bond acceptors (Lipinski definition) is 4. The smallest absolute Gasteiger partial charge is 0.167 e. The summed E-state index contributed by atoms with van der Waals surface area (Å²) < 4.78 is 0. The number of para-hydroxylation sites is 2. The first-order valence-corrected chi connectivity index (χ1v) is 5.83. The van der Waals surface area contributed by atoms with E-state index in [2.05, 4.69) is 25.1 Å². The van der Waals surface area contributed by atoms with Crippen molar-refractivity contribution in [2.75, 3.05) is 0 Å². The lowest BCUT2D eigenvalue weighted by molar-refractivity contribution is 0.744. The Morgan fingerprint density at radius 1 is 1.22 bits per heavy atom. The van der Waals surface area contributed by atoms with Gasteiger partial charge in [0.15, 0.2) is 5.82 Å². The fraction of sp³-hybridized carbons (Fsp3) is 0.250. The highest BCUT2D eigenvalue weighted by Gasteiger charge is 2.09. The molecule has 0 saturated heterocycles. The predicted molar refractivity (Wildman–Crippen MR) is 67.9 cm³/mol. The van der Waals surface area contributed by atoms with E-state index in [1.54, 1.807) is 0 Å². The van der Waals surface area contributed by atoms with Crippen LogP contribution in [0.25, 0.3) is 11.0 Å². The third-order valence-electron chi connectivity index (χ3n) is 2.73. The second kappa shape index (κ2) is 4.23. The van der Waals surface area contributed by atoms with Gasteiger partial charge in [0, 0.05) is 0 Å². The Balaban J connectivity index is 1.86. The summed E-state index contributed by atoms with van der Waals surface area (Å²) in [5, 5.41) is 6.94. The van der Waals surface area contributed by atoms with Gasteiger partial charge in [-0.2, -0.15) is 5.10 Å². The zero-order valence-corrected chi connectivity index (χ0v) is 10.0. The van der Waals surface area contributed by atoms with E-state index < -0.39 is 0 Å². The minimum atomic E-state index is -0.161. The predicted octanol–water partition coefficient (Wildman–Crippen LogP) is 1.29. The number of aromatic nitrogens is 5. The summed E-state index contributed by atoms with van der Waals surface area (Å²) in [4.78, 5) is 12.1. The molecular weight excluding hydrogens is 228 g/mol. The number of rotatable bonds is 3. The highest BCUT2D eigenvalue weighted by molar-refractivity contribution is 5.74. The largest absolute Gasteiger partial charge is 0.342 e. The maximum atomic E-state index is 5.71. The number of nitrogens with one attached hydrogen (secondary N) is 2. The molecule has 0 fully saturated rings. The summed E-state index contributed by atoms with van der Waals surface area (Å²) in [7, 11) is 0. The first-order valence-electron chi connectivity index (χ1n) is 5.83. The van der Waals surface area contributed by atoms with Crippen LogP contribution in [0.1, 0.15) is 30.4 Å². The summed E-state index contributed by atoms with van der Waals surface area (Å²) in [5.74, 6) is 2.26. The zero-order valence-electron chi connectivity index (χ0n) is 10.0. The van der Waals surface area contributed by atoms with Crippen molar-refractivity contribution in [1.29, 1.82) is 0 Å². The van der Waals surface area contributed by atoms with Gasteiger partial charge in [-0.25, -0.2) is 9.97 Å². The van der Waals surface area contributed by atoms with Gasteiger partial charge in [-0.15, -0.1) is 0 Å². The molecule has 3 rings (SSSR count). The lowest BCUT2D eigenvalue weighted by atomic mass is 10.3. The third-order valence-corrected chi connectivity index (χ3v) is 2.73. The second-order valence-corrected chi connectivity index (χ2v) is 4.31. The van der Waals surface area contributed by atoms with Crippen LogP contribution in [0.5, 0.6) is 0 Å². The van der Waals surface area contributed by atoms with Crippen LogP contribution >= 0.6 is 0 Å². The molecule has 2 aromatic heterocycles. The van der Waals surface area contributed by atoms with E-state index in [0.29, 0.717) is 12.2 Å². The van der Waals surface area contributed by atoms with E-state index >= 15 is 0 Å². The molecule has 2 heterocycles. The normalized spacial score (nSPS) is 13.0. The summed E-state index contributed by atoms with van der Waals surface area (Å²) in [5.41, 5.74) is 7.70. The Morgan fingerprint density at radius 2 is 2.06 bits per heavy atom. The number of imidazole rings is 1. The van der Waals surface area contributed by atoms with Crippen LogP contribution in [-0.2, 0) is 6.42 Å². The van der Waals surface area contributed by atoms with E-state index in [4.69, 9.17) is 5.73 Å². The first kappa shape index (κ1) is 10.9. The van der Waals surface area contributed by atoms with Crippen LogP contribution in [0.4, 0.5) is 0 Å². The molecule has 0 amide bonds. The van der Waals surface area contributed by atoms with E-state index in [0.717, 1.165) is 22.7 Å². The molecule has 3 aromatic rings. The molecule has 0 saturated carbocycles. The minimum Gasteiger partial charge on any atom is -0.342 e. The van der Waals surface area contributed by atoms with E-state index in [9.17, 15) is 0 Å². The standard InChI is InChI=1S/C12H14N6/c1-7(13)12-16-11(17-18-12)6-10-14-8-4-2-3-5-9(8)15-10/h2-5,7H,6,13H2,1H3,(H,14,15)(H,16,17,18). The lowest BCUT2D eigenvalue weighted by Crippen LogP contribution is -2.07. The van der Waals surface area contributed by atoms with Crippen LogP contribution in [0.2, 0.25) is 0 Å². The minimum absolute atomic E-state index is 0.161. The summed E-state index contributed by atoms with van der Waals surface area (Å²) in [6.45, 7) is 1.86. The van der Waals surface area contributed by atoms with Gasteiger partial charge in [0.25, 0.3) is 0 Å². The molecule has 1 unspecified atom stereocenters. The number of fused-ring (bicyclic) bond motifs is 1. The highest BCUT2D eigenvalue weighted by Crippen LogP contribution is 2.12. The highest BCUT2D eigenvalue weighted by atomic mass is 15.2. The quantitative estimate of drug-likeness (QED) is 0.644.